The molecule has 17 heavy (non-hydrogen) atoms. The van der Waals surface area contributed by atoms with Crippen LogP contribution >= 0.6 is 0 Å². The number of aromatic nitrogens is 3. The van der Waals surface area contributed by atoms with Crippen LogP contribution in [0.1, 0.15) is 43.8 Å². The van der Waals surface area contributed by atoms with E-state index in [1.807, 2.05) is 10.9 Å². The summed E-state index contributed by atoms with van der Waals surface area (Å²) in [6.45, 7) is 0. The van der Waals surface area contributed by atoms with E-state index in [9.17, 15) is 0 Å². The highest BCUT2D eigenvalue weighted by atomic mass is 15.4. The van der Waals surface area contributed by atoms with Gasteiger partial charge in [0.2, 0.25) is 0 Å². The maximum atomic E-state index is 8.84. The first-order chi connectivity index (χ1) is 8.33. The van der Waals surface area contributed by atoms with Gasteiger partial charge in [-0.05, 0) is 55.8 Å². The molecule has 4 nitrogen and oxygen atoms in total. The van der Waals surface area contributed by atoms with Crippen LogP contribution in [0.25, 0.3) is 0 Å². The van der Waals surface area contributed by atoms with E-state index in [1.165, 1.54) is 32.1 Å². The molecule has 0 radical (unpaired) electrons. The lowest BCUT2D eigenvalue weighted by atomic mass is 9.54. The molecule has 4 heteroatoms. The molecule has 1 aromatic rings. The van der Waals surface area contributed by atoms with Gasteiger partial charge in [-0.3, -0.25) is 0 Å². The first kappa shape index (κ1) is 9.64. The molecule has 0 amide bonds. The van der Waals surface area contributed by atoms with Crippen LogP contribution in [0.15, 0.2) is 6.20 Å². The highest BCUT2D eigenvalue weighted by molar-refractivity contribution is 5.14. The zero-order valence-corrected chi connectivity index (χ0v) is 9.79. The summed E-state index contributed by atoms with van der Waals surface area (Å²) in [6, 6.07) is 2.60. The SMILES string of the molecule is N#Cc1cn(C2C3CC4CC(C3)CC2C4)nn1. The highest BCUT2D eigenvalue weighted by Gasteiger charge is 2.49. The Bertz CT molecular complexity index is 456. The van der Waals surface area contributed by atoms with E-state index < -0.39 is 0 Å². The average molecular weight is 228 g/mol. The molecule has 4 aliphatic rings. The van der Waals surface area contributed by atoms with Crippen LogP contribution < -0.4 is 0 Å². The number of nitrogens with zero attached hydrogens (tertiary/aromatic N) is 4. The molecule has 0 aromatic carbocycles. The molecule has 1 heterocycles. The Hall–Kier alpha value is -1.37. The normalized spacial score (nSPS) is 42.6. The van der Waals surface area contributed by atoms with Crippen molar-refractivity contribution in [1.29, 1.82) is 5.26 Å². The Kier molecular flexibility index (Phi) is 1.88. The van der Waals surface area contributed by atoms with Gasteiger partial charge in [-0.2, -0.15) is 5.26 Å². The molecular weight excluding hydrogens is 212 g/mol. The van der Waals surface area contributed by atoms with E-state index in [0.29, 0.717) is 11.7 Å². The minimum absolute atomic E-state index is 0.457. The molecule has 1 aromatic heterocycles. The van der Waals surface area contributed by atoms with Gasteiger partial charge < -0.3 is 0 Å². The van der Waals surface area contributed by atoms with Crippen LogP contribution in [0.2, 0.25) is 0 Å². The monoisotopic (exact) mass is 228 g/mol. The van der Waals surface area contributed by atoms with Gasteiger partial charge in [0.25, 0.3) is 0 Å². The Morgan fingerprint density at radius 2 is 1.76 bits per heavy atom. The Morgan fingerprint density at radius 3 is 2.29 bits per heavy atom. The summed E-state index contributed by atoms with van der Waals surface area (Å²) in [6.07, 6.45) is 8.81. The minimum Gasteiger partial charge on any atom is -0.248 e. The van der Waals surface area contributed by atoms with Crippen molar-refractivity contribution in [3.05, 3.63) is 11.9 Å². The molecule has 0 saturated heterocycles. The number of hydrogen-bond donors (Lipinski definition) is 0. The fraction of sp³-hybridized carbons (Fsp3) is 0.769. The van der Waals surface area contributed by atoms with Gasteiger partial charge in [0.05, 0.1) is 12.2 Å². The van der Waals surface area contributed by atoms with Gasteiger partial charge in [0, 0.05) is 0 Å². The van der Waals surface area contributed by atoms with E-state index in [-0.39, 0.29) is 0 Å². The summed E-state index contributed by atoms with van der Waals surface area (Å²) in [4.78, 5) is 0. The summed E-state index contributed by atoms with van der Waals surface area (Å²) < 4.78 is 1.99. The second kappa shape index (κ2) is 3.32. The van der Waals surface area contributed by atoms with Crippen LogP contribution in [-0.4, -0.2) is 15.0 Å². The quantitative estimate of drug-likeness (QED) is 0.740. The molecule has 5 rings (SSSR count). The van der Waals surface area contributed by atoms with Crippen LogP contribution in [0, 0.1) is 35.0 Å². The van der Waals surface area contributed by atoms with E-state index in [2.05, 4.69) is 16.4 Å². The van der Waals surface area contributed by atoms with Gasteiger partial charge in [0.15, 0.2) is 5.69 Å². The lowest BCUT2D eigenvalue weighted by molar-refractivity contribution is -0.0342. The molecule has 0 aliphatic heterocycles. The molecule has 0 unspecified atom stereocenters. The fourth-order valence-electron chi connectivity index (χ4n) is 4.80. The fourth-order valence-corrected chi connectivity index (χ4v) is 4.80. The minimum atomic E-state index is 0.457. The van der Waals surface area contributed by atoms with Gasteiger partial charge in [-0.1, -0.05) is 5.21 Å². The summed E-state index contributed by atoms with van der Waals surface area (Å²) in [7, 11) is 0. The molecular formula is C13H16N4. The van der Waals surface area contributed by atoms with Gasteiger partial charge >= 0.3 is 0 Å². The molecule has 88 valence electrons. The largest absolute Gasteiger partial charge is 0.248 e. The van der Waals surface area contributed by atoms with Crippen LogP contribution in [-0.2, 0) is 0 Å². The summed E-state index contributed by atoms with van der Waals surface area (Å²) >= 11 is 0. The van der Waals surface area contributed by atoms with Crippen molar-refractivity contribution in [3.8, 4) is 6.07 Å². The van der Waals surface area contributed by atoms with Crippen molar-refractivity contribution < 1.29 is 0 Å². The molecule has 0 atom stereocenters. The second-order valence-corrected chi connectivity index (χ2v) is 6.12. The Balaban J connectivity index is 1.68. The van der Waals surface area contributed by atoms with Gasteiger partial charge in [-0.15, -0.1) is 5.10 Å². The zero-order chi connectivity index (χ0) is 11.4. The molecule has 4 saturated carbocycles. The third-order valence-corrected chi connectivity index (χ3v) is 5.11. The second-order valence-electron chi connectivity index (χ2n) is 6.12. The van der Waals surface area contributed by atoms with Crippen molar-refractivity contribution >= 4 is 0 Å². The molecule has 4 aliphatic carbocycles. The predicted octanol–water partition coefficient (Wildman–Crippen LogP) is 2.15. The molecule has 0 N–H and O–H groups in total. The van der Waals surface area contributed by atoms with Crippen molar-refractivity contribution in [1.82, 2.24) is 15.0 Å². The zero-order valence-electron chi connectivity index (χ0n) is 9.79. The third-order valence-electron chi connectivity index (χ3n) is 5.11. The molecule has 4 fully saturated rings. The van der Waals surface area contributed by atoms with Gasteiger partial charge in [0.1, 0.15) is 6.07 Å². The van der Waals surface area contributed by atoms with Crippen LogP contribution in [0.5, 0.6) is 0 Å². The van der Waals surface area contributed by atoms with Crippen LogP contribution in [0.4, 0.5) is 0 Å². The van der Waals surface area contributed by atoms with Crippen molar-refractivity contribution in [2.45, 2.75) is 38.1 Å². The van der Waals surface area contributed by atoms with Gasteiger partial charge in [-0.25, -0.2) is 4.68 Å². The average Bonchev–Trinajstić information content (AvgIpc) is 2.76. The first-order valence-corrected chi connectivity index (χ1v) is 6.65. The maximum absolute atomic E-state index is 8.84. The molecule has 0 spiro atoms. The number of rotatable bonds is 1. The third kappa shape index (κ3) is 1.35. The lowest BCUT2D eigenvalue weighted by Crippen LogP contribution is -2.46. The van der Waals surface area contributed by atoms with E-state index in [1.54, 1.807) is 0 Å². The van der Waals surface area contributed by atoms with Crippen molar-refractivity contribution in [2.24, 2.45) is 23.7 Å². The van der Waals surface area contributed by atoms with E-state index >= 15 is 0 Å². The summed E-state index contributed by atoms with van der Waals surface area (Å²) in [5.74, 6) is 3.54. The van der Waals surface area contributed by atoms with Crippen molar-refractivity contribution in [2.75, 3.05) is 0 Å². The summed E-state index contributed by atoms with van der Waals surface area (Å²) in [5.41, 5.74) is 0.457. The standard InChI is InChI=1S/C13H16N4/c14-6-12-7-17(16-15-12)13-10-2-8-1-9(4-10)5-11(13)3-8/h7-11,13H,1-5H2. The summed E-state index contributed by atoms with van der Waals surface area (Å²) in [5, 5.41) is 16.9. The number of nitriles is 1. The first-order valence-electron chi connectivity index (χ1n) is 6.65. The van der Waals surface area contributed by atoms with E-state index in [0.717, 1.165) is 23.7 Å². The predicted molar refractivity (Wildman–Crippen MR) is 60.8 cm³/mol. The van der Waals surface area contributed by atoms with Crippen LogP contribution in [0.3, 0.4) is 0 Å². The molecule has 4 bridgehead atoms. The smallest absolute Gasteiger partial charge is 0.182 e. The topological polar surface area (TPSA) is 54.5 Å². The number of hydrogen-bond acceptors (Lipinski definition) is 3. The van der Waals surface area contributed by atoms with Crippen molar-refractivity contribution in [3.63, 3.8) is 0 Å². The van der Waals surface area contributed by atoms with E-state index in [4.69, 9.17) is 5.26 Å². The Morgan fingerprint density at radius 1 is 1.12 bits per heavy atom. The maximum Gasteiger partial charge on any atom is 0.182 e. The highest BCUT2D eigenvalue weighted by Crippen LogP contribution is 2.57. The lowest BCUT2D eigenvalue weighted by Gasteiger charge is -2.54. The Labute approximate surface area is 101 Å².